The lowest BCUT2D eigenvalue weighted by molar-refractivity contribution is -0.180. The molecule has 0 spiro atoms. The van der Waals surface area contributed by atoms with E-state index in [9.17, 15) is 19.5 Å². The lowest BCUT2D eigenvalue weighted by atomic mass is 9.60. The van der Waals surface area contributed by atoms with Gasteiger partial charge >= 0.3 is 5.97 Å². The number of ketones is 1. The van der Waals surface area contributed by atoms with Crippen LogP contribution in [0.4, 0.5) is 0 Å². The van der Waals surface area contributed by atoms with E-state index < -0.39 is 52.4 Å². The van der Waals surface area contributed by atoms with E-state index in [0.717, 1.165) is 5.56 Å². The summed E-state index contributed by atoms with van der Waals surface area (Å²) in [5.41, 5.74) is -0.863. The molecule has 9 atom stereocenters. The van der Waals surface area contributed by atoms with Crippen molar-refractivity contribution in [3.63, 3.8) is 0 Å². The van der Waals surface area contributed by atoms with E-state index in [4.69, 9.17) is 14.3 Å². The summed E-state index contributed by atoms with van der Waals surface area (Å²) in [6, 6.07) is 5.59. The van der Waals surface area contributed by atoms with E-state index in [2.05, 4.69) is 41.0 Å². The minimum atomic E-state index is -1.56. The second-order valence-electron chi connectivity index (χ2n) is 16.4. The van der Waals surface area contributed by atoms with Crippen LogP contribution in [0.3, 0.4) is 0 Å². The first-order valence-corrected chi connectivity index (χ1v) is 18.6. The van der Waals surface area contributed by atoms with Gasteiger partial charge in [-0.2, -0.15) is 5.10 Å². The van der Waals surface area contributed by atoms with Crippen molar-refractivity contribution >= 4 is 29.1 Å². The molecule has 0 radical (unpaired) electrons. The molecular weight excluding hydrogens is 662 g/mol. The fourth-order valence-electron chi connectivity index (χ4n) is 9.01. The Kier molecular flexibility index (Phi) is 13.0. The molecule has 1 N–H and O–H groups in total. The molecule has 4 heterocycles. The summed E-state index contributed by atoms with van der Waals surface area (Å²) in [6.45, 7) is 20.9. The third-order valence-corrected chi connectivity index (χ3v) is 11.2. The predicted octanol–water partition coefficient (Wildman–Crippen LogP) is 6.57. The van der Waals surface area contributed by atoms with Crippen molar-refractivity contribution in [1.29, 1.82) is 0 Å². The first-order chi connectivity index (χ1) is 24.3. The number of oxime groups is 1. The molecule has 4 rings (SSSR count). The summed E-state index contributed by atoms with van der Waals surface area (Å²) in [6.07, 6.45) is 5.84. The number of amides is 1. The van der Waals surface area contributed by atoms with Gasteiger partial charge in [0, 0.05) is 54.5 Å². The molecular formula is C40H59N5O7. The van der Waals surface area contributed by atoms with Crippen LogP contribution in [0.1, 0.15) is 107 Å². The Bertz CT molecular complexity index is 1610. The number of cyclic esters (lactones) is 1. The number of nitrogens with zero attached hydrogens (tertiary/aromatic N) is 5. The Morgan fingerprint density at radius 2 is 1.85 bits per heavy atom. The molecule has 286 valence electrons. The molecule has 0 aromatic carbocycles. The number of carbonyl (C=O) groups excluding carboxylic acids is 3. The molecule has 12 nitrogen and oxygen atoms in total. The largest absolute Gasteiger partial charge is 0.459 e. The van der Waals surface area contributed by atoms with Crippen LogP contribution in [0, 0.1) is 40.9 Å². The summed E-state index contributed by atoms with van der Waals surface area (Å²) >= 11 is 0. The molecule has 0 saturated carbocycles. The van der Waals surface area contributed by atoms with Gasteiger partial charge in [-0.05, 0) is 75.8 Å². The summed E-state index contributed by atoms with van der Waals surface area (Å²) < 4.78 is 14.7. The topological polar surface area (TPSA) is 155 Å². The van der Waals surface area contributed by atoms with Crippen LogP contribution in [0.25, 0.3) is 5.82 Å². The summed E-state index contributed by atoms with van der Waals surface area (Å²) in [5, 5.41) is 21.3. The standard InChI is InChI=1S/C40H59N5O7/c1-12-32-40(11,49)31-16-15-30(44-51-22-29-14-17-33(41-21-29)45-19-13-18-42-45)23-50-39(10,20-24(2)34(25(31)3)43-28(6)46)36(38(7,8)9)26(4)35(47)27(5)37(48)52-32/h13-14,17-19,21,24-27,31-32,36,49H,12,15-16,20,22-23H2,1-11H3/b43-34+,44-30+/t24-,25-,26+,27-,31-,32-,36+,39-,40+/m1/s1. The van der Waals surface area contributed by atoms with Crippen molar-refractivity contribution in [3.8, 4) is 5.82 Å². The van der Waals surface area contributed by atoms with Crippen molar-refractivity contribution in [2.75, 3.05) is 6.61 Å². The number of hydrogen-bond acceptors (Lipinski definition) is 10. The molecule has 2 aromatic heterocycles. The maximum atomic E-state index is 14.2. The van der Waals surface area contributed by atoms with E-state index >= 15 is 0 Å². The number of rotatable bonds is 5. The van der Waals surface area contributed by atoms with Crippen LogP contribution in [-0.2, 0) is 35.3 Å². The highest BCUT2D eigenvalue weighted by Crippen LogP contribution is 2.48. The van der Waals surface area contributed by atoms with Gasteiger partial charge in [0.15, 0.2) is 5.82 Å². The number of aromatic nitrogens is 3. The van der Waals surface area contributed by atoms with Gasteiger partial charge in [0.1, 0.15) is 30.0 Å². The number of ether oxygens (including phenoxy) is 2. The number of hydrogen-bond donors (Lipinski definition) is 1. The number of pyridine rings is 1. The average molecular weight is 722 g/mol. The number of carbonyl (C=O) groups is 3. The SMILES string of the molecule is CC[C@H]1OC(=O)[C@H](C)C(=O)[C@H](C)[C@@H](C(C)(C)C)[C@@]2(C)C[C@@H](C)/C(=N\C(C)=O)[C@H](C)[C@@H](CC/C(=N\OCc3ccc(-n4cccn4)nc3)CO2)[C@]1(C)O. The average Bonchev–Trinajstić information content (AvgIpc) is 3.61. The Labute approximate surface area is 308 Å². The van der Waals surface area contributed by atoms with Gasteiger partial charge < -0.3 is 19.4 Å². The number of fused-ring (bicyclic) bond motifs is 5. The van der Waals surface area contributed by atoms with E-state index in [1.807, 2.05) is 59.0 Å². The minimum Gasteiger partial charge on any atom is -0.459 e. The quantitative estimate of drug-likeness (QED) is 0.205. The van der Waals surface area contributed by atoms with Crippen molar-refractivity contribution in [3.05, 3.63) is 42.4 Å². The molecule has 2 aromatic rings. The number of Topliss-reactive ketones (excluding diaryl/α,β-unsaturated/α-hetero) is 1. The lowest BCUT2D eigenvalue weighted by Crippen LogP contribution is -2.55. The minimum absolute atomic E-state index is 0.109. The summed E-state index contributed by atoms with van der Waals surface area (Å²) in [7, 11) is 0. The van der Waals surface area contributed by atoms with Gasteiger partial charge in [-0.1, -0.05) is 59.7 Å². The van der Waals surface area contributed by atoms with Crippen LogP contribution in [0.5, 0.6) is 0 Å². The van der Waals surface area contributed by atoms with Gasteiger partial charge in [-0.3, -0.25) is 14.4 Å². The normalized spacial score (nSPS) is 34.3. The molecule has 2 saturated heterocycles. The number of aliphatic hydroxyl groups is 1. The molecule has 2 aliphatic rings. The zero-order valence-electron chi connectivity index (χ0n) is 32.9. The Balaban J connectivity index is 1.85. The van der Waals surface area contributed by atoms with Gasteiger partial charge in [0.25, 0.3) is 0 Å². The highest BCUT2D eigenvalue weighted by atomic mass is 16.6. The smallest absolute Gasteiger partial charge is 0.316 e. The maximum Gasteiger partial charge on any atom is 0.316 e. The van der Waals surface area contributed by atoms with Gasteiger partial charge in [0.05, 0.1) is 17.9 Å². The van der Waals surface area contributed by atoms with Gasteiger partial charge in [-0.25, -0.2) is 14.7 Å². The molecule has 12 heteroatoms. The van der Waals surface area contributed by atoms with Gasteiger partial charge in [-0.15, -0.1) is 0 Å². The summed E-state index contributed by atoms with van der Waals surface area (Å²) in [5.74, 6) is -3.76. The molecule has 2 aliphatic heterocycles. The van der Waals surface area contributed by atoms with Crippen molar-refractivity contribution in [2.24, 2.45) is 51.1 Å². The fourth-order valence-corrected chi connectivity index (χ4v) is 9.01. The van der Waals surface area contributed by atoms with Gasteiger partial charge in [0.2, 0.25) is 5.91 Å². The highest BCUT2D eigenvalue weighted by Gasteiger charge is 2.52. The van der Waals surface area contributed by atoms with E-state index in [1.165, 1.54) is 6.92 Å². The zero-order valence-corrected chi connectivity index (χ0v) is 32.9. The Hall–Kier alpha value is -3.77. The molecule has 2 bridgehead atoms. The van der Waals surface area contributed by atoms with E-state index in [1.54, 1.807) is 30.9 Å². The third kappa shape index (κ3) is 9.23. The second kappa shape index (κ2) is 16.5. The predicted molar refractivity (Wildman–Crippen MR) is 199 cm³/mol. The van der Waals surface area contributed by atoms with Crippen LogP contribution >= 0.6 is 0 Å². The fraction of sp³-hybridized carbons (Fsp3) is 0.675. The Morgan fingerprint density at radius 1 is 1.13 bits per heavy atom. The zero-order chi connectivity index (χ0) is 38.6. The first kappa shape index (κ1) is 41.0. The second-order valence-corrected chi connectivity index (χ2v) is 16.4. The molecule has 0 aliphatic carbocycles. The van der Waals surface area contributed by atoms with Crippen molar-refractivity contribution in [1.82, 2.24) is 14.8 Å². The number of esters is 1. The van der Waals surface area contributed by atoms with E-state index in [-0.39, 0.29) is 36.7 Å². The monoisotopic (exact) mass is 721 g/mol. The van der Waals surface area contributed by atoms with E-state index in [0.29, 0.717) is 42.9 Å². The first-order valence-electron chi connectivity index (χ1n) is 18.6. The van der Waals surface area contributed by atoms with Crippen LogP contribution < -0.4 is 0 Å². The molecule has 52 heavy (non-hydrogen) atoms. The number of aliphatic imine (C=N–C) groups is 1. The molecule has 2 fully saturated rings. The van der Waals surface area contributed by atoms with Crippen molar-refractivity contribution < 1.29 is 33.8 Å². The highest BCUT2D eigenvalue weighted by molar-refractivity contribution is 6.00. The maximum absolute atomic E-state index is 14.2. The Morgan fingerprint density at radius 3 is 2.42 bits per heavy atom. The molecule has 0 unspecified atom stereocenters. The van der Waals surface area contributed by atoms with Crippen LogP contribution in [0.2, 0.25) is 0 Å². The van der Waals surface area contributed by atoms with Crippen LogP contribution in [0.15, 0.2) is 46.9 Å². The third-order valence-electron chi connectivity index (χ3n) is 11.2. The summed E-state index contributed by atoms with van der Waals surface area (Å²) in [4.78, 5) is 55.6. The van der Waals surface area contributed by atoms with Crippen molar-refractivity contribution in [2.45, 2.75) is 126 Å². The lowest BCUT2D eigenvalue weighted by Gasteiger charge is -2.49. The molecule has 1 amide bonds. The van der Waals surface area contributed by atoms with Crippen LogP contribution in [-0.4, -0.2) is 72.9 Å².